The Labute approximate surface area is 146 Å². The number of nitriles is 1. The molecule has 0 unspecified atom stereocenters. The molecule has 1 amide bonds. The second-order valence-corrected chi connectivity index (χ2v) is 6.54. The van der Waals surface area contributed by atoms with Gasteiger partial charge in [0.2, 0.25) is 0 Å². The third-order valence-corrected chi connectivity index (χ3v) is 4.87. The minimum Gasteiger partial charge on any atom is -0.327 e. The number of hydrogen-bond acceptors (Lipinski definition) is 2. The molecular weight excluding hydrogens is 319 g/mol. The van der Waals surface area contributed by atoms with Gasteiger partial charge in [-0.2, -0.15) is 5.26 Å². The third kappa shape index (κ3) is 3.42. The number of anilines is 1. The molecule has 0 spiro atoms. The summed E-state index contributed by atoms with van der Waals surface area (Å²) in [6, 6.07) is 8.32. The number of carbonyl (C=O) groups excluding carboxylic acids is 1. The maximum atomic E-state index is 13.7. The van der Waals surface area contributed by atoms with Crippen molar-refractivity contribution in [3.05, 3.63) is 46.9 Å². The summed E-state index contributed by atoms with van der Waals surface area (Å²) in [5.74, 6) is -0.0594. The van der Waals surface area contributed by atoms with E-state index in [-0.39, 0.29) is 11.7 Å². The molecule has 3 rings (SSSR count). The van der Waals surface area contributed by atoms with E-state index >= 15 is 0 Å². The molecule has 1 fully saturated rings. The van der Waals surface area contributed by atoms with Crippen molar-refractivity contribution in [3.8, 4) is 11.8 Å². The maximum absolute atomic E-state index is 13.7. The smallest absolute Gasteiger partial charge is 0.280 e. The molecular formula is C19H22FN4O+. The molecule has 0 saturated carbocycles. The summed E-state index contributed by atoms with van der Waals surface area (Å²) < 4.78 is 15.4. The summed E-state index contributed by atoms with van der Waals surface area (Å²) in [6.07, 6.45) is 2.29. The average Bonchev–Trinajstić information content (AvgIpc) is 3.15. The normalized spacial score (nSPS) is 14.5. The maximum Gasteiger partial charge on any atom is 0.280 e. The molecule has 1 saturated heterocycles. The van der Waals surface area contributed by atoms with Gasteiger partial charge in [0.25, 0.3) is 5.91 Å². The molecule has 130 valence electrons. The van der Waals surface area contributed by atoms with Gasteiger partial charge >= 0.3 is 0 Å². The van der Waals surface area contributed by atoms with E-state index in [1.807, 2.05) is 13.8 Å². The first kappa shape index (κ1) is 17.2. The van der Waals surface area contributed by atoms with Gasteiger partial charge in [-0.1, -0.05) is 6.07 Å². The van der Waals surface area contributed by atoms with Crippen molar-refractivity contribution in [2.24, 2.45) is 0 Å². The fourth-order valence-electron chi connectivity index (χ4n) is 3.45. The predicted molar refractivity (Wildman–Crippen MR) is 93.3 cm³/mol. The third-order valence-electron chi connectivity index (χ3n) is 4.87. The molecule has 1 aliphatic heterocycles. The number of hydrogen-bond donors (Lipinski definition) is 2. The highest BCUT2D eigenvalue weighted by atomic mass is 19.1. The zero-order valence-corrected chi connectivity index (χ0v) is 14.5. The molecule has 0 bridgehead atoms. The zero-order chi connectivity index (χ0) is 18.0. The first-order valence-electron chi connectivity index (χ1n) is 8.52. The molecule has 1 aromatic heterocycles. The number of carbonyl (C=O) groups is 1. The topological polar surface area (TPSA) is 62.3 Å². The van der Waals surface area contributed by atoms with Crippen LogP contribution in [0.15, 0.2) is 24.3 Å². The predicted octanol–water partition coefficient (Wildman–Crippen LogP) is 1.72. The van der Waals surface area contributed by atoms with Gasteiger partial charge in [-0.3, -0.25) is 9.36 Å². The first-order chi connectivity index (χ1) is 12.0. The van der Waals surface area contributed by atoms with Crippen LogP contribution in [0.5, 0.6) is 0 Å². The number of halogens is 1. The lowest BCUT2D eigenvalue weighted by atomic mass is 10.2. The SMILES string of the molecule is Cc1c(C#N)c(NC(=O)C[NH+]2CCCC2)n(-c2cccc(F)c2)c1C. The van der Waals surface area contributed by atoms with E-state index in [4.69, 9.17) is 0 Å². The molecule has 5 nitrogen and oxygen atoms in total. The Morgan fingerprint density at radius 2 is 2.08 bits per heavy atom. The molecule has 2 N–H and O–H groups in total. The first-order valence-corrected chi connectivity index (χ1v) is 8.52. The number of amides is 1. The van der Waals surface area contributed by atoms with Crippen molar-refractivity contribution in [3.63, 3.8) is 0 Å². The molecule has 1 aliphatic rings. The fraction of sp³-hybridized carbons (Fsp3) is 0.368. The highest BCUT2D eigenvalue weighted by Crippen LogP contribution is 2.30. The van der Waals surface area contributed by atoms with Crippen LogP contribution in [-0.4, -0.2) is 30.1 Å². The molecule has 0 radical (unpaired) electrons. The molecule has 0 atom stereocenters. The van der Waals surface area contributed by atoms with Gasteiger partial charge in [0.1, 0.15) is 17.7 Å². The van der Waals surface area contributed by atoms with Crippen LogP contribution in [0.3, 0.4) is 0 Å². The van der Waals surface area contributed by atoms with E-state index < -0.39 is 0 Å². The lowest BCUT2D eigenvalue weighted by Gasteiger charge is -2.15. The van der Waals surface area contributed by atoms with Gasteiger partial charge in [0.05, 0.1) is 24.3 Å². The van der Waals surface area contributed by atoms with Crippen LogP contribution < -0.4 is 10.2 Å². The van der Waals surface area contributed by atoms with Crippen LogP contribution in [0, 0.1) is 31.0 Å². The molecule has 6 heteroatoms. The van der Waals surface area contributed by atoms with Crippen LogP contribution in [0.1, 0.15) is 29.7 Å². The molecule has 1 aromatic carbocycles. The zero-order valence-electron chi connectivity index (χ0n) is 14.5. The van der Waals surface area contributed by atoms with E-state index in [1.54, 1.807) is 16.7 Å². The minimum absolute atomic E-state index is 0.122. The standard InChI is InChI=1S/C19H21FN4O/c1-13-14(2)24(16-7-5-6-15(20)10-16)19(17(13)11-21)22-18(25)12-23-8-3-4-9-23/h5-7,10H,3-4,8-9,12H2,1-2H3,(H,22,25)/p+1. The van der Waals surface area contributed by atoms with Crippen LogP contribution in [-0.2, 0) is 4.79 Å². The van der Waals surface area contributed by atoms with E-state index in [9.17, 15) is 14.4 Å². The number of benzene rings is 1. The van der Waals surface area contributed by atoms with Gasteiger partial charge in [-0.25, -0.2) is 4.39 Å². The Morgan fingerprint density at radius 3 is 2.72 bits per heavy atom. The number of nitrogens with one attached hydrogen (secondary N) is 2. The van der Waals surface area contributed by atoms with Crippen LogP contribution >= 0.6 is 0 Å². The van der Waals surface area contributed by atoms with Crippen molar-refractivity contribution in [1.29, 1.82) is 5.26 Å². The van der Waals surface area contributed by atoms with E-state index in [2.05, 4.69) is 11.4 Å². The van der Waals surface area contributed by atoms with Crippen LogP contribution in [0.25, 0.3) is 5.69 Å². The highest BCUT2D eigenvalue weighted by molar-refractivity contribution is 5.93. The Morgan fingerprint density at radius 1 is 1.36 bits per heavy atom. The largest absolute Gasteiger partial charge is 0.327 e. The van der Waals surface area contributed by atoms with Crippen LogP contribution in [0.2, 0.25) is 0 Å². The van der Waals surface area contributed by atoms with E-state index in [0.717, 1.165) is 37.2 Å². The Kier molecular flexibility index (Phi) is 4.86. The summed E-state index contributed by atoms with van der Waals surface area (Å²) >= 11 is 0. The van der Waals surface area contributed by atoms with Gasteiger partial charge in [0, 0.05) is 18.5 Å². The van der Waals surface area contributed by atoms with Gasteiger partial charge in [-0.15, -0.1) is 0 Å². The van der Waals surface area contributed by atoms with Gasteiger partial charge in [0.15, 0.2) is 6.54 Å². The lowest BCUT2D eigenvalue weighted by molar-refractivity contribution is -0.878. The van der Waals surface area contributed by atoms with E-state index in [1.165, 1.54) is 17.0 Å². The monoisotopic (exact) mass is 341 g/mol. The Hall–Kier alpha value is -2.65. The van der Waals surface area contributed by atoms with Crippen molar-refractivity contribution in [1.82, 2.24) is 4.57 Å². The quantitative estimate of drug-likeness (QED) is 0.889. The second kappa shape index (κ2) is 7.08. The summed E-state index contributed by atoms with van der Waals surface area (Å²) in [5.41, 5.74) is 2.61. The number of aromatic nitrogens is 1. The number of likely N-dealkylation sites (tertiary alicyclic amines) is 1. The number of nitrogens with zero attached hydrogens (tertiary/aromatic N) is 2. The van der Waals surface area contributed by atoms with Crippen molar-refractivity contribution >= 4 is 11.7 Å². The average molecular weight is 341 g/mol. The molecule has 0 aliphatic carbocycles. The summed E-state index contributed by atoms with van der Waals surface area (Å²) in [5, 5.41) is 12.4. The van der Waals surface area contributed by atoms with Gasteiger partial charge < -0.3 is 10.2 Å². The fourth-order valence-corrected chi connectivity index (χ4v) is 3.45. The summed E-state index contributed by atoms with van der Waals surface area (Å²) in [4.78, 5) is 13.7. The molecule has 2 aromatic rings. The Bertz CT molecular complexity index is 844. The van der Waals surface area contributed by atoms with Crippen LogP contribution in [0.4, 0.5) is 10.2 Å². The van der Waals surface area contributed by atoms with Crippen molar-refractivity contribution < 1.29 is 14.1 Å². The van der Waals surface area contributed by atoms with Crippen molar-refractivity contribution in [2.45, 2.75) is 26.7 Å². The van der Waals surface area contributed by atoms with Crippen molar-refractivity contribution in [2.75, 3.05) is 25.0 Å². The number of quaternary nitrogens is 1. The molecule has 25 heavy (non-hydrogen) atoms. The summed E-state index contributed by atoms with van der Waals surface area (Å²) in [7, 11) is 0. The highest BCUT2D eigenvalue weighted by Gasteiger charge is 2.24. The summed E-state index contributed by atoms with van der Waals surface area (Å²) in [6.45, 7) is 6.09. The van der Waals surface area contributed by atoms with Gasteiger partial charge in [-0.05, 0) is 37.6 Å². The van der Waals surface area contributed by atoms with E-state index in [0.29, 0.717) is 23.6 Å². The lowest BCUT2D eigenvalue weighted by Crippen LogP contribution is -3.11. The number of rotatable bonds is 4. The second-order valence-electron chi connectivity index (χ2n) is 6.54. The minimum atomic E-state index is -0.361. The molecule has 2 heterocycles. The Balaban J connectivity index is 1.98.